The van der Waals surface area contributed by atoms with Gasteiger partial charge in [0.05, 0.1) is 6.54 Å². The summed E-state index contributed by atoms with van der Waals surface area (Å²) in [4.78, 5) is 26.0. The van der Waals surface area contributed by atoms with Gasteiger partial charge in [-0.1, -0.05) is 6.07 Å². The van der Waals surface area contributed by atoms with E-state index >= 15 is 0 Å². The van der Waals surface area contributed by atoms with Crippen LogP contribution in [0.25, 0.3) is 0 Å². The molecule has 0 aliphatic carbocycles. The van der Waals surface area contributed by atoms with Crippen LogP contribution in [0.3, 0.4) is 0 Å². The number of hydrogen-bond donors (Lipinski definition) is 3. The summed E-state index contributed by atoms with van der Waals surface area (Å²) in [5.41, 5.74) is -0.364. The number of carbonyl (C=O) groups is 1. The van der Waals surface area contributed by atoms with Crippen LogP contribution in [0, 0.1) is 0 Å². The average Bonchev–Trinajstić information content (AvgIpc) is 2.98. The van der Waals surface area contributed by atoms with Crippen molar-refractivity contribution in [3.8, 4) is 0 Å². The minimum atomic E-state index is -0.364. The molecule has 3 N–H and O–H groups in total. The van der Waals surface area contributed by atoms with Crippen molar-refractivity contribution < 1.29 is 4.79 Å². The van der Waals surface area contributed by atoms with Gasteiger partial charge < -0.3 is 5.32 Å². The van der Waals surface area contributed by atoms with Gasteiger partial charge in [-0.05, 0) is 24.3 Å². The highest BCUT2D eigenvalue weighted by molar-refractivity contribution is 7.09. The van der Waals surface area contributed by atoms with Crippen LogP contribution in [0.15, 0.2) is 22.3 Å². The van der Waals surface area contributed by atoms with Crippen LogP contribution in [-0.4, -0.2) is 21.1 Å². The molecule has 0 radical (unpaired) electrons. The third-order valence-electron chi connectivity index (χ3n) is 2.41. The molecule has 0 saturated carbocycles. The van der Waals surface area contributed by atoms with E-state index in [1.54, 1.807) is 11.3 Å². The lowest BCUT2D eigenvalue weighted by Crippen LogP contribution is -2.23. The molecule has 0 aliphatic rings. The quantitative estimate of drug-likeness (QED) is 0.722. The van der Waals surface area contributed by atoms with E-state index in [0.717, 1.165) is 12.8 Å². The number of nitrogens with one attached hydrogen (secondary N) is 3. The Hall–Kier alpha value is -1.89. The number of aromatic nitrogens is 3. The molecule has 0 unspecified atom stereocenters. The van der Waals surface area contributed by atoms with Crippen LogP contribution < -0.4 is 11.0 Å². The molecule has 2 aromatic heterocycles. The minimum absolute atomic E-state index is 0.0320. The standard InChI is InChI=1S/C11H14N4O2S/c16-10(5-1-3-8-4-2-6-18-8)12-7-9-13-11(17)15-14-9/h2,4,6H,1,3,5,7H2,(H,12,16)(H2,13,14,15,17). The monoisotopic (exact) mass is 266 g/mol. The van der Waals surface area contributed by atoms with Crippen molar-refractivity contribution in [2.75, 3.05) is 0 Å². The summed E-state index contributed by atoms with van der Waals surface area (Å²) in [5.74, 6) is 0.405. The van der Waals surface area contributed by atoms with Gasteiger partial charge in [0, 0.05) is 11.3 Å². The largest absolute Gasteiger partial charge is 0.349 e. The molecule has 0 spiro atoms. The van der Waals surface area contributed by atoms with E-state index in [4.69, 9.17) is 0 Å². The second-order valence-corrected chi connectivity index (χ2v) is 4.87. The highest BCUT2D eigenvalue weighted by Crippen LogP contribution is 2.11. The number of H-pyrrole nitrogens is 2. The molecule has 0 fully saturated rings. The van der Waals surface area contributed by atoms with Crippen LogP contribution in [0.4, 0.5) is 0 Å². The first-order chi connectivity index (χ1) is 8.74. The first-order valence-corrected chi connectivity index (χ1v) is 6.54. The number of carbonyl (C=O) groups excluding carboxylic acids is 1. The maximum absolute atomic E-state index is 11.5. The number of nitrogens with zero attached hydrogens (tertiary/aromatic N) is 1. The topological polar surface area (TPSA) is 90.6 Å². The van der Waals surface area contributed by atoms with Crippen LogP contribution in [0.1, 0.15) is 23.5 Å². The van der Waals surface area contributed by atoms with Crippen molar-refractivity contribution in [3.63, 3.8) is 0 Å². The molecule has 0 atom stereocenters. The van der Waals surface area contributed by atoms with Gasteiger partial charge in [0.15, 0.2) is 0 Å². The molecule has 0 aromatic carbocycles. The predicted octanol–water partition coefficient (Wildman–Crippen LogP) is 0.799. The van der Waals surface area contributed by atoms with E-state index in [0.29, 0.717) is 12.2 Å². The van der Waals surface area contributed by atoms with Crippen molar-refractivity contribution in [1.29, 1.82) is 0 Å². The fraction of sp³-hybridized carbons (Fsp3) is 0.364. The van der Waals surface area contributed by atoms with Crippen LogP contribution >= 0.6 is 11.3 Å². The average molecular weight is 266 g/mol. The van der Waals surface area contributed by atoms with Gasteiger partial charge in [-0.15, -0.1) is 11.3 Å². The Morgan fingerprint density at radius 3 is 3.06 bits per heavy atom. The summed E-state index contributed by atoms with van der Waals surface area (Å²) in [6.45, 7) is 0.247. The second kappa shape index (κ2) is 6.15. The fourth-order valence-electron chi connectivity index (χ4n) is 1.54. The number of thiophene rings is 1. The van der Waals surface area contributed by atoms with Crippen molar-refractivity contribution in [2.45, 2.75) is 25.8 Å². The third-order valence-corrected chi connectivity index (χ3v) is 3.35. The van der Waals surface area contributed by atoms with Crippen molar-refractivity contribution >= 4 is 17.2 Å². The lowest BCUT2D eigenvalue weighted by atomic mass is 10.2. The molecule has 0 saturated heterocycles. The van der Waals surface area contributed by atoms with E-state index in [-0.39, 0.29) is 18.1 Å². The molecule has 2 heterocycles. The Morgan fingerprint density at radius 2 is 2.39 bits per heavy atom. The van der Waals surface area contributed by atoms with Crippen LogP contribution in [0.5, 0.6) is 0 Å². The molecule has 0 bridgehead atoms. The predicted molar refractivity (Wildman–Crippen MR) is 68.3 cm³/mol. The molecular weight excluding hydrogens is 252 g/mol. The van der Waals surface area contributed by atoms with Gasteiger partial charge in [0.25, 0.3) is 0 Å². The molecule has 7 heteroatoms. The lowest BCUT2D eigenvalue weighted by molar-refractivity contribution is -0.121. The van der Waals surface area contributed by atoms with E-state index in [1.165, 1.54) is 4.88 Å². The summed E-state index contributed by atoms with van der Waals surface area (Å²) >= 11 is 1.70. The molecule has 2 rings (SSSR count). The Labute approximate surface area is 107 Å². The van der Waals surface area contributed by atoms with Crippen molar-refractivity contribution in [3.05, 3.63) is 38.7 Å². The van der Waals surface area contributed by atoms with Gasteiger partial charge in [-0.2, -0.15) is 5.10 Å². The first kappa shape index (κ1) is 12.6. The highest BCUT2D eigenvalue weighted by atomic mass is 32.1. The van der Waals surface area contributed by atoms with Gasteiger partial charge in [0.2, 0.25) is 5.91 Å². The molecule has 0 aliphatic heterocycles. The summed E-state index contributed by atoms with van der Waals surface area (Å²) in [6, 6.07) is 4.07. The highest BCUT2D eigenvalue weighted by Gasteiger charge is 2.04. The maximum atomic E-state index is 11.5. The second-order valence-electron chi connectivity index (χ2n) is 3.83. The lowest BCUT2D eigenvalue weighted by Gasteiger charge is -2.02. The number of amides is 1. The Morgan fingerprint density at radius 1 is 1.50 bits per heavy atom. The SMILES string of the molecule is O=C(CCCc1cccs1)NCc1n[nH]c(=O)[nH]1. The molecular formula is C11H14N4O2S. The maximum Gasteiger partial charge on any atom is 0.340 e. The van der Waals surface area contributed by atoms with Gasteiger partial charge in [-0.25, -0.2) is 9.89 Å². The smallest absolute Gasteiger partial charge is 0.340 e. The van der Waals surface area contributed by atoms with Gasteiger partial charge >= 0.3 is 5.69 Å². The van der Waals surface area contributed by atoms with Crippen molar-refractivity contribution in [1.82, 2.24) is 20.5 Å². The Balaban J connectivity index is 1.65. The van der Waals surface area contributed by atoms with Crippen molar-refractivity contribution in [2.24, 2.45) is 0 Å². The zero-order valence-electron chi connectivity index (χ0n) is 9.73. The summed E-state index contributed by atoms with van der Waals surface area (Å²) < 4.78 is 0. The number of rotatable bonds is 6. The number of hydrogen-bond acceptors (Lipinski definition) is 4. The van der Waals surface area contributed by atoms with Gasteiger partial charge in [0.1, 0.15) is 5.82 Å². The van der Waals surface area contributed by atoms with E-state index in [9.17, 15) is 9.59 Å². The van der Waals surface area contributed by atoms with Gasteiger partial charge in [-0.3, -0.25) is 9.78 Å². The molecule has 2 aromatic rings. The first-order valence-electron chi connectivity index (χ1n) is 5.66. The minimum Gasteiger partial charge on any atom is -0.349 e. The molecule has 18 heavy (non-hydrogen) atoms. The van der Waals surface area contributed by atoms with E-state index < -0.39 is 0 Å². The van der Waals surface area contributed by atoms with E-state index in [1.807, 2.05) is 11.4 Å². The number of aryl methyl sites for hydroxylation is 1. The Bertz CT molecular complexity index is 543. The zero-order valence-corrected chi connectivity index (χ0v) is 10.5. The summed E-state index contributed by atoms with van der Waals surface area (Å²) in [6.07, 6.45) is 2.22. The number of aromatic amines is 2. The summed E-state index contributed by atoms with van der Waals surface area (Å²) in [7, 11) is 0. The van der Waals surface area contributed by atoms with Crippen LogP contribution in [-0.2, 0) is 17.8 Å². The fourth-order valence-corrected chi connectivity index (χ4v) is 2.29. The molecule has 96 valence electrons. The molecule has 1 amide bonds. The third kappa shape index (κ3) is 3.85. The normalized spacial score (nSPS) is 10.4. The summed E-state index contributed by atoms with van der Waals surface area (Å²) in [5, 5.41) is 10.7. The van der Waals surface area contributed by atoms with Crippen LogP contribution in [0.2, 0.25) is 0 Å². The molecule has 6 nitrogen and oxygen atoms in total. The van der Waals surface area contributed by atoms with E-state index in [2.05, 4.69) is 26.6 Å². The Kier molecular flexibility index (Phi) is 4.30. The zero-order chi connectivity index (χ0) is 12.8.